The van der Waals surface area contributed by atoms with E-state index in [1.807, 2.05) is 17.0 Å². The van der Waals surface area contributed by atoms with E-state index in [4.69, 9.17) is 23.2 Å². The van der Waals surface area contributed by atoms with Crippen LogP contribution in [0.15, 0.2) is 36.8 Å². The summed E-state index contributed by atoms with van der Waals surface area (Å²) in [5, 5.41) is 1.19. The predicted molar refractivity (Wildman–Crippen MR) is 101 cm³/mol. The highest BCUT2D eigenvalue weighted by atomic mass is 35.5. The number of amides is 1. The third kappa shape index (κ3) is 3.56. The van der Waals surface area contributed by atoms with Crippen molar-refractivity contribution < 1.29 is 4.79 Å². The van der Waals surface area contributed by atoms with Crippen LogP contribution in [0.1, 0.15) is 28.9 Å². The molecule has 3 aliphatic rings. The molecule has 1 amide bonds. The summed E-state index contributed by atoms with van der Waals surface area (Å²) in [7, 11) is 0. The molecule has 0 unspecified atom stereocenters. The Bertz CT molecular complexity index is 781. The number of hydrogen-bond acceptors (Lipinski definition) is 4. The largest absolute Gasteiger partial charge is 0.335 e. The number of rotatable bonds is 3. The minimum Gasteiger partial charge on any atom is -0.335 e. The Labute approximate surface area is 162 Å². The lowest BCUT2D eigenvalue weighted by atomic mass is 9.94. The van der Waals surface area contributed by atoms with Crippen LogP contribution in [0.2, 0.25) is 10.0 Å². The molecule has 3 saturated heterocycles. The number of carbonyl (C=O) groups is 1. The zero-order valence-electron chi connectivity index (χ0n) is 14.3. The van der Waals surface area contributed by atoms with Gasteiger partial charge in [0, 0.05) is 56.4 Å². The van der Waals surface area contributed by atoms with Crippen LogP contribution in [-0.4, -0.2) is 51.4 Å². The molecule has 0 aliphatic carbocycles. The van der Waals surface area contributed by atoms with E-state index in [9.17, 15) is 4.79 Å². The Morgan fingerprint density at radius 1 is 1.12 bits per heavy atom. The molecule has 2 aromatic rings. The summed E-state index contributed by atoms with van der Waals surface area (Å²) in [6.07, 6.45) is 7.16. The van der Waals surface area contributed by atoms with Gasteiger partial charge in [0.2, 0.25) is 0 Å². The van der Waals surface area contributed by atoms with Crippen LogP contribution >= 0.6 is 23.2 Å². The Kier molecular flexibility index (Phi) is 5.11. The summed E-state index contributed by atoms with van der Waals surface area (Å²) in [6, 6.07) is 5.77. The number of pyridine rings is 2. The molecule has 0 N–H and O–H groups in total. The van der Waals surface area contributed by atoms with E-state index >= 15 is 0 Å². The number of aromatic nitrogens is 2. The van der Waals surface area contributed by atoms with Crippen molar-refractivity contribution in [1.82, 2.24) is 19.8 Å². The fraction of sp³-hybridized carbons (Fsp3) is 0.421. The second-order valence-electron chi connectivity index (χ2n) is 7.03. The zero-order valence-corrected chi connectivity index (χ0v) is 15.8. The summed E-state index contributed by atoms with van der Waals surface area (Å²) < 4.78 is 0. The van der Waals surface area contributed by atoms with Crippen molar-refractivity contribution in [3.63, 3.8) is 0 Å². The van der Waals surface area contributed by atoms with E-state index in [2.05, 4.69) is 14.9 Å². The Morgan fingerprint density at radius 2 is 1.92 bits per heavy atom. The van der Waals surface area contributed by atoms with Crippen molar-refractivity contribution in [2.24, 2.45) is 5.92 Å². The lowest BCUT2D eigenvalue weighted by Gasteiger charge is -2.36. The zero-order chi connectivity index (χ0) is 18.1. The van der Waals surface area contributed by atoms with Crippen molar-refractivity contribution in [2.45, 2.75) is 25.4 Å². The number of piperidine rings is 1. The van der Waals surface area contributed by atoms with Gasteiger partial charge in [0.1, 0.15) is 5.69 Å². The second-order valence-corrected chi connectivity index (χ2v) is 7.85. The third-order valence-electron chi connectivity index (χ3n) is 5.31. The first-order valence-electron chi connectivity index (χ1n) is 8.84. The van der Waals surface area contributed by atoms with Crippen LogP contribution < -0.4 is 0 Å². The fourth-order valence-corrected chi connectivity index (χ4v) is 4.47. The molecule has 0 saturated carbocycles. The maximum atomic E-state index is 12.8. The van der Waals surface area contributed by atoms with Gasteiger partial charge in [-0.2, -0.15) is 0 Å². The molecular weight excluding hydrogens is 371 g/mol. The number of nitrogens with zero attached hydrogens (tertiary/aromatic N) is 4. The molecular formula is C19H20Cl2N4O. The first-order chi connectivity index (χ1) is 12.6. The normalized spacial score (nSPS) is 23.1. The maximum absolute atomic E-state index is 12.8. The van der Waals surface area contributed by atoms with Gasteiger partial charge in [-0.25, -0.2) is 0 Å². The van der Waals surface area contributed by atoms with Crippen LogP contribution in [0, 0.1) is 5.92 Å². The van der Waals surface area contributed by atoms with Crippen LogP contribution in [0.4, 0.5) is 0 Å². The fourth-order valence-electron chi connectivity index (χ4n) is 3.98. The van der Waals surface area contributed by atoms with Crippen molar-refractivity contribution in [3.05, 3.63) is 58.1 Å². The number of hydrogen-bond donors (Lipinski definition) is 0. The van der Waals surface area contributed by atoms with Crippen LogP contribution in [-0.2, 0) is 6.54 Å². The quantitative estimate of drug-likeness (QED) is 0.804. The van der Waals surface area contributed by atoms with Gasteiger partial charge in [0.25, 0.3) is 5.91 Å². The second kappa shape index (κ2) is 7.51. The molecule has 136 valence electrons. The first-order valence-corrected chi connectivity index (χ1v) is 9.59. The third-order valence-corrected chi connectivity index (χ3v) is 5.96. The Hall–Kier alpha value is -1.69. The summed E-state index contributed by atoms with van der Waals surface area (Å²) in [5.41, 5.74) is 1.43. The Balaban J connectivity index is 1.53. The summed E-state index contributed by atoms with van der Waals surface area (Å²) in [4.78, 5) is 25.5. The topological polar surface area (TPSA) is 49.3 Å². The molecule has 2 atom stereocenters. The van der Waals surface area contributed by atoms with Crippen molar-refractivity contribution in [2.75, 3.05) is 19.6 Å². The average Bonchev–Trinajstić information content (AvgIpc) is 2.97. The van der Waals surface area contributed by atoms with Gasteiger partial charge >= 0.3 is 0 Å². The lowest BCUT2D eigenvalue weighted by molar-refractivity contribution is 0.0730. The standard InChI is InChI=1S/C19H20Cl2N4O/c20-16-7-22-8-17(21)15(16)12-24-9-13-4-5-14(24)11-25(10-13)19(26)18-3-1-2-6-23-18/h1-3,6-8,13-14H,4-5,9-12H2/t13-,14-/m0/s1. The molecule has 0 radical (unpaired) electrons. The highest BCUT2D eigenvalue weighted by Gasteiger charge is 2.37. The molecule has 0 aromatic carbocycles. The molecule has 5 rings (SSSR count). The molecule has 3 fully saturated rings. The molecule has 5 heterocycles. The number of fused-ring (bicyclic) bond motifs is 4. The minimum atomic E-state index is 0.0179. The van der Waals surface area contributed by atoms with Gasteiger partial charge in [0.15, 0.2) is 0 Å². The van der Waals surface area contributed by atoms with Crippen molar-refractivity contribution >= 4 is 29.1 Å². The molecule has 2 aromatic heterocycles. The highest BCUT2D eigenvalue weighted by molar-refractivity contribution is 6.35. The van der Waals surface area contributed by atoms with E-state index in [0.29, 0.717) is 40.8 Å². The highest BCUT2D eigenvalue weighted by Crippen LogP contribution is 2.32. The summed E-state index contributed by atoms with van der Waals surface area (Å²) in [5.74, 6) is 0.477. The summed E-state index contributed by atoms with van der Waals surface area (Å²) in [6.45, 7) is 3.13. The molecule has 3 aliphatic heterocycles. The van der Waals surface area contributed by atoms with E-state index in [1.54, 1.807) is 24.7 Å². The molecule has 7 heteroatoms. The Morgan fingerprint density at radius 3 is 2.65 bits per heavy atom. The van der Waals surface area contributed by atoms with E-state index in [1.165, 1.54) is 0 Å². The van der Waals surface area contributed by atoms with Crippen molar-refractivity contribution in [1.29, 1.82) is 0 Å². The van der Waals surface area contributed by atoms with Gasteiger partial charge in [-0.05, 0) is 30.9 Å². The van der Waals surface area contributed by atoms with E-state index in [-0.39, 0.29) is 5.91 Å². The van der Waals surface area contributed by atoms with Gasteiger partial charge in [-0.1, -0.05) is 29.3 Å². The van der Waals surface area contributed by atoms with Crippen LogP contribution in [0.25, 0.3) is 0 Å². The van der Waals surface area contributed by atoms with Gasteiger partial charge < -0.3 is 4.90 Å². The average molecular weight is 391 g/mol. The van der Waals surface area contributed by atoms with Crippen LogP contribution in [0.3, 0.4) is 0 Å². The van der Waals surface area contributed by atoms with Gasteiger partial charge in [-0.15, -0.1) is 0 Å². The SMILES string of the molecule is O=C(c1ccccn1)N1C[C@H]2CC[C@@H](C1)N(Cc1c(Cl)cncc1Cl)C2. The number of carbonyl (C=O) groups excluding carboxylic acids is 1. The summed E-state index contributed by atoms with van der Waals surface area (Å²) >= 11 is 12.6. The smallest absolute Gasteiger partial charge is 0.272 e. The predicted octanol–water partition coefficient (Wildman–Crippen LogP) is 3.52. The van der Waals surface area contributed by atoms with Crippen LogP contribution in [0.5, 0.6) is 0 Å². The molecule has 0 spiro atoms. The monoisotopic (exact) mass is 390 g/mol. The number of halogens is 2. The first kappa shape index (κ1) is 17.7. The van der Waals surface area contributed by atoms with E-state index in [0.717, 1.165) is 31.5 Å². The van der Waals surface area contributed by atoms with E-state index < -0.39 is 0 Å². The molecule has 26 heavy (non-hydrogen) atoms. The van der Waals surface area contributed by atoms with Crippen molar-refractivity contribution in [3.8, 4) is 0 Å². The maximum Gasteiger partial charge on any atom is 0.272 e. The molecule has 5 nitrogen and oxygen atoms in total. The van der Waals surface area contributed by atoms with Gasteiger partial charge in [-0.3, -0.25) is 19.7 Å². The molecule has 2 bridgehead atoms. The minimum absolute atomic E-state index is 0.0179. The van der Waals surface area contributed by atoms with Gasteiger partial charge in [0.05, 0.1) is 10.0 Å². The lowest BCUT2D eigenvalue weighted by Crippen LogP contribution is -2.44.